The van der Waals surface area contributed by atoms with Crippen LogP contribution in [0.5, 0.6) is 5.75 Å². The molecule has 3 atom stereocenters. The number of rotatable bonds is 5. The molecule has 0 unspecified atom stereocenters. The van der Waals surface area contributed by atoms with E-state index >= 15 is 0 Å². The lowest BCUT2D eigenvalue weighted by molar-refractivity contribution is -0.0553. The molecule has 2 saturated heterocycles. The first kappa shape index (κ1) is 25.5. The molecule has 0 radical (unpaired) electrons. The maximum Gasteiger partial charge on any atom is 0.243 e. The lowest BCUT2D eigenvalue weighted by Crippen LogP contribution is -2.67. The number of methoxy groups -OCH3 is 1. The molecule has 2 fully saturated rings. The molecular formula is C30H32N2O4S. The molecular weight excluding hydrogens is 484 g/mol. The van der Waals surface area contributed by atoms with Crippen LogP contribution in [0.25, 0.3) is 0 Å². The van der Waals surface area contributed by atoms with Gasteiger partial charge in [0.2, 0.25) is 10.0 Å². The Morgan fingerprint density at radius 2 is 1.51 bits per heavy atom. The van der Waals surface area contributed by atoms with Crippen LogP contribution in [0.2, 0.25) is 0 Å². The molecule has 0 aliphatic carbocycles. The Kier molecular flexibility index (Phi) is 7.63. The van der Waals surface area contributed by atoms with Crippen molar-refractivity contribution in [2.75, 3.05) is 33.4 Å². The monoisotopic (exact) mass is 516 g/mol. The zero-order chi connectivity index (χ0) is 25.8. The standard InChI is InChI=1S/C30H32N2O4S/c1-36-26-17-13-24(14-18-26)10-9-23-11-15-25(16-12-23)30-28-21-31(19-5-6-20-32(28)29(30)22-33)37(34,35)27-7-3-2-4-8-27/h2-4,7-8,11-18,28-30,33H,5-6,19-22H2,1H3/t28-,29+,30+/m1/s1. The molecule has 37 heavy (non-hydrogen) atoms. The second-order valence-corrected chi connectivity index (χ2v) is 11.5. The molecule has 0 bridgehead atoms. The number of hydrogen-bond acceptors (Lipinski definition) is 5. The quantitative estimate of drug-likeness (QED) is 0.524. The van der Waals surface area contributed by atoms with Crippen molar-refractivity contribution in [3.63, 3.8) is 0 Å². The number of nitrogens with zero attached hydrogens (tertiary/aromatic N) is 2. The number of fused-ring (bicyclic) bond motifs is 1. The Morgan fingerprint density at radius 1 is 0.892 bits per heavy atom. The summed E-state index contributed by atoms with van der Waals surface area (Å²) in [5.74, 6) is 7.24. The van der Waals surface area contributed by atoms with E-state index < -0.39 is 10.0 Å². The van der Waals surface area contributed by atoms with Crippen molar-refractivity contribution >= 4 is 10.0 Å². The van der Waals surface area contributed by atoms with Gasteiger partial charge in [-0.05, 0) is 73.5 Å². The summed E-state index contributed by atoms with van der Waals surface area (Å²) in [5.41, 5.74) is 2.92. The van der Waals surface area contributed by atoms with Gasteiger partial charge in [0.15, 0.2) is 0 Å². The highest BCUT2D eigenvalue weighted by molar-refractivity contribution is 7.89. The van der Waals surface area contributed by atoms with Crippen molar-refractivity contribution in [2.45, 2.75) is 35.7 Å². The lowest BCUT2D eigenvalue weighted by Gasteiger charge is -2.57. The Bertz CT molecular complexity index is 1360. The molecule has 0 saturated carbocycles. The minimum Gasteiger partial charge on any atom is -0.497 e. The molecule has 2 aliphatic rings. The predicted molar refractivity (Wildman–Crippen MR) is 144 cm³/mol. The number of aliphatic hydroxyl groups excluding tert-OH is 1. The number of aliphatic hydroxyl groups is 1. The van der Waals surface area contributed by atoms with Crippen molar-refractivity contribution < 1.29 is 18.3 Å². The van der Waals surface area contributed by atoms with E-state index in [-0.39, 0.29) is 24.6 Å². The zero-order valence-electron chi connectivity index (χ0n) is 21.0. The van der Waals surface area contributed by atoms with E-state index in [4.69, 9.17) is 4.74 Å². The molecule has 0 amide bonds. The van der Waals surface area contributed by atoms with E-state index in [0.29, 0.717) is 18.0 Å². The number of benzene rings is 3. The van der Waals surface area contributed by atoms with Crippen LogP contribution in [0, 0.1) is 11.8 Å². The van der Waals surface area contributed by atoms with Crippen LogP contribution >= 0.6 is 0 Å². The van der Waals surface area contributed by atoms with Gasteiger partial charge in [-0.2, -0.15) is 4.31 Å². The Balaban J connectivity index is 1.36. The van der Waals surface area contributed by atoms with Crippen molar-refractivity contribution in [1.82, 2.24) is 9.21 Å². The molecule has 0 aromatic heterocycles. The molecule has 192 valence electrons. The van der Waals surface area contributed by atoms with E-state index in [1.807, 2.05) is 42.5 Å². The van der Waals surface area contributed by atoms with Crippen LogP contribution < -0.4 is 4.74 Å². The molecule has 3 aromatic carbocycles. The summed E-state index contributed by atoms with van der Waals surface area (Å²) in [6.07, 6.45) is 1.71. The summed E-state index contributed by atoms with van der Waals surface area (Å²) >= 11 is 0. The van der Waals surface area contributed by atoms with Gasteiger partial charge in [0.05, 0.1) is 18.6 Å². The normalized spacial score (nSPS) is 22.5. The second-order valence-electron chi connectivity index (χ2n) is 9.56. The SMILES string of the molecule is COc1ccc(C#Cc2ccc([C@H]3[C@H]4CN(S(=O)(=O)c5ccccc5)CCCCN4[C@H]3CO)cc2)cc1. The van der Waals surface area contributed by atoms with Gasteiger partial charge in [-0.3, -0.25) is 4.90 Å². The maximum absolute atomic E-state index is 13.4. The van der Waals surface area contributed by atoms with Crippen LogP contribution in [0.3, 0.4) is 0 Å². The van der Waals surface area contributed by atoms with Crippen LogP contribution in [0.4, 0.5) is 0 Å². The fourth-order valence-electron chi connectivity index (χ4n) is 5.48. The van der Waals surface area contributed by atoms with Gasteiger partial charge in [-0.25, -0.2) is 8.42 Å². The smallest absolute Gasteiger partial charge is 0.243 e. The topological polar surface area (TPSA) is 70.1 Å². The molecule has 3 aromatic rings. The largest absolute Gasteiger partial charge is 0.497 e. The van der Waals surface area contributed by atoms with Gasteiger partial charge in [0, 0.05) is 42.2 Å². The van der Waals surface area contributed by atoms with Crippen LogP contribution in [0.1, 0.15) is 35.4 Å². The third kappa shape index (κ3) is 5.29. The van der Waals surface area contributed by atoms with Crippen molar-refractivity contribution in [1.29, 1.82) is 0 Å². The van der Waals surface area contributed by atoms with Gasteiger partial charge in [-0.15, -0.1) is 0 Å². The summed E-state index contributed by atoms with van der Waals surface area (Å²) < 4.78 is 33.7. The van der Waals surface area contributed by atoms with Crippen molar-refractivity contribution in [2.24, 2.45) is 0 Å². The first-order valence-corrected chi connectivity index (χ1v) is 14.1. The van der Waals surface area contributed by atoms with E-state index in [0.717, 1.165) is 41.8 Å². The van der Waals surface area contributed by atoms with Crippen LogP contribution in [0.15, 0.2) is 83.8 Å². The minimum atomic E-state index is -3.58. The maximum atomic E-state index is 13.4. The van der Waals surface area contributed by atoms with E-state index in [1.54, 1.807) is 35.7 Å². The van der Waals surface area contributed by atoms with Gasteiger partial charge in [0.25, 0.3) is 0 Å². The van der Waals surface area contributed by atoms with E-state index in [2.05, 4.69) is 28.9 Å². The third-order valence-electron chi connectivity index (χ3n) is 7.45. The van der Waals surface area contributed by atoms with Crippen molar-refractivity contribution in [3.8, 4) is 17.6 Å². The molecule has 2 heterocycles. The van der Waals surface area contributed by atoms with Gasteiger partial charge >= 0.3 is 0 Å². The van der Waals surface area contributed by atoms with Gasteiger partial charge in [0.1, 0.15) is 5.75 Å². The summed E-state index contributed by atoms with van der Waals surface area (Å²) in [6, 6.07) is 24.5. The fourth-order valence-corrected chi connectivity index (χ4v) is 6.99. The molecule has 2 aliphatic heterocycles. The van der Waals surface area contributed by atoms with Gasteiger partial charge < -0.3 is 9.84 Å². The van der Waals surface area contributed by atoms with E-state index in [9.17, 15) is 13.5 Å². The zero-order valence-corrected chi connectivity index (χ0v) is 21.8. The van der Waals surface area contributed by atoms with E-state index in [1.165, 1.54) is 0 Å². The third-order valence-corrected chi connectivity index (χ3v) is 9.33. The fraction of sp³-hybridized carbons (Fsp3) is 0.333. The van der Waals surface area contributed by atoms with Crippen LogP contribution in [-0.2, 0) is 10.0 Å². The average Bonchev–Trinajstić information content (AvgIpc) is 2.92. The minimum absolute atomic E-state index is 0.0133. The number of hydrogen-bond donors (Lipinski definition) is 1. The molecule has 5 rings (SSSR count). The second kappa shape index (κ2) is 11.1. The van der Waals surface area contributed by atoms with Crippen molar-refractivity contribution in [3.05, 3.63) is 95.6 Å². The average molecular weight is 517 g/mol. The van der Waals surface area contributed by atoms with Gasteiger partial charge in [-0.1, -0.05) is 42.2 Å². The molecule has 0 spiro atoms. The molecule has 7 heteroatoms. The molecule has 1 N–H and O–H groups in total. The highest BCUT2D eigenvalue weighted by Crippen LogP contribution is 2.42. The first-order valence-electron chi connectivity index (χ1n) is 12.7. The summed E-state index contributed by atoms with van der Waals surface area (Å²) in [7, 11) is -1.94. The highest BCUT2D eigenvalue weighted by atomic mass is 32.2. The van der Waals surface area contributed by atoms with Crippen LogP contribution in [-0.4, -0.2) is 68.2 Å². The summed E-state index contributed by atoms with van der Waals surface area (Å²) in [4.78, 5) is 2.62. The molecule has 6 nitrogen and oxygen atoms in total. The first-order chi connectivity index (χ1) is 18.0. The Morgan fingerprint density at radius 3 is 2.14 bits per heavy atom. The lowest BCUT2D eigenvalue weighted by atomic mass is 9.74. The highest BCUT2D eigenvalue weighted by Gasteiger charge is 2.50. The number of ether oxygens (including phenoxy) is 1. The predicted octanol–water partition coefficient (Wildman–Crippen LogP) is 3.71. The Hall–Kier alpha value is -3.15. The summed E-state index contributed by atoms with van der Waals surface area (Å²) in [6.45, 7) is 1.85. The number of sulfonamides is 1. The summed E-state index contributed by atoms with van der Waals surface area (Å²) in [5, 5.41) is 10.2. The Labute approximate surface area is 219 Å².